The Bertz CT molecular complexity index is 472. The van der Waals surface area contributed by atoms with Crippen molar-refractivity contribution in [3.63, 3.8) is 0 Å². The van der Waals surface area contributed by atoms with Gasteiger partial charge in [-0.2, -0.15) is 0 Å². The van der Waals surface area contributed by atoms with Gasteiger partial charge in [0.05, 0.1) is 12.2 Å². The molecule has 96 valence electrons. The summed E-state index contributed by atoms with van der Waals surface area (Å²) in [5, 5.41) is 18.4. The van der Waals surface area contributed by atoms with Gasteiger partial charge in [0, 0.05) is 12.7 Å². The maximum Gasteiger partial charge on any atom is 0.242 e. The van der Waals surface area contributed by atoms with Crippen LogP contribution in [0, 0.1) is 0 Å². The zero-order chi connectivity index (χ0) is 13.1. The summed E-state index contributed by atoms with van der Waals surface area (Å²) >= 11 is 5.53. The summed E-state index contributed by atoms with van der Waals surface area (Å²) in [6.45, 7) is 0.471. The van der Waals surface area contributed by atoms with Gasteiger partial charge in [-0.1, -0.05) is 11.6 Å². The first-order valence-electron chi connectivity index (χ1n) is 4.71. The zero-order valence-electron chi connectivity index (χ0n) is 9.09. The number of rotatable bonds is 5. The van der Waals surface area contributed by atoms with Gasteiger partial charge in [0.1, 0.15) is 10.0 Å². The molecule has 0 bridgehead atoms. The van der Waals surface area contributed by atoms with Crippen LogP contribution in [0.1, 0.15) is 6.92 Å². The molecule has 0 aliphatic heterocycles. The Morgan fingerprint density at radius 2 is 2.18 bits per heavy atom. The number of pyridine rings is 1. The molecule has 0 aliphatic carbocycles. The van der Waals surface area contributed by atoms with Gasteiger partial charge in [0.25, 0.3) is 0 Å². The number of halogens is 1. The summed E-state index contributed by atoms with van der Waals surface area (Å²) in [7, 11) is -3.76. The minimum absolute atomic E-state index is 0.0596. The Hall–Kier alpha value is -0.730. The molecule has 0 saturated carbocycles. The predicted octanol–water partition coefficient (Wildman–Crippen LogP) is -0.243. The van der Waals surface area contributed by atoms with E-state index in [9.17, 15) is 13.5 Å². The maximum absolute atomic E-state index is 11.7. The summed E-state index contributed by atoms with van der Waals surface area (Å²) in [5.41, 5.74) is -1.51. The number of aliphatic hydroxyl groups is 2. The number of nitrogens with one attached hydrogen (secondary N) is 1. The van der Waals surface area contributed by atoms with Gasteiger partial charge in [-0.15, -0.1) is 0 Å². The van der Waals surface area contributed by atoms with E-state index in [1.165, 1.54) is 19.1 Å². The van der Waals surface area contributed by atoms with E-state index in [1.54, 1.807) is 0 Å². The number of nitrogens with zero attached hydrogens (tertiary/aromatic N) is 1. The molecule has 0 saturated heterocycles. The van der Waals surface area contributed by atoms with Gasteiger partial charge in [-0.05, 0) is 19.1 Å². The molecular weight excluding hydrogens is 268 g/mol. The second kappa shape index (κ2) is 5.28. The lowest BCUT2D eigenvalue weighted by atomic mass is 10.1. The first-order chi connectivity index (χ1) is 7.77. The summed E-state index contributed by atoms with van der Waals surface area (Å²) in [6, 6.07) is 2.64. The van der Waals surface area contributed by atoms with Crippen LogP contribution in [0.5, 0.6) is 0 Å². The third kappa shape index (κ3) is 4.21. The van der Waals surface area contributed by atoms with Crippen LogP contribution in [0.3, 0.4) is 0 Å². The van der Waals surface area contributed by atoms with E-state index in [0.29, 0.717) is 0 Å². The van der Waals surface area contributed by atoms with E-state index in [-0.39, 0.29) is 16.6 Å². The Labute approximate surface area is 104 Å². The van der Waals surface area contributed by atoms with E-state index in [1.807, 2.05) is 0 Å². The second-order valence-corrected chi connectivity index (χ2v) is 5.95. The minimum Gasteiger partial charge on any atom is -0.393 e. The van der Waals surface area contributed by atoms with Crippen LogP contribution in [0.25, 0.3) is 0 Å². The van der Waals surface area contributed by atoms with Crippen molar-refractivity contribution in [1.82, 2.24) is 9.71 Å². The van der Waals surface area contributed by atoms with Crippen molar-refractivity contribution in [3.05, 3.63) is 23.5 Å². The SMILES string of the molecule is CC(O)(CO)CNS(=O)(=O)c1ccc(Cl)nc1. The van der Waals surface area contributed by atoms with Crippen LogP contribution in [0.4, 0.5) is 0 Å². The lowest BCUT2D eigenvalue weighted by Gasteiger charge is -2.20. The third-order valence-corrected chi connectivity index (χ3v) is 3.60. The molecule has 1 unspecified atom stereocenters. The van der Waals surface area contributed by atoms with Crippen LogP contribution in [0.2, 0.25) is 5.15 Å². The van der Waals surface area contributed by atoms with Crippen LogP contribution < -0.4 is 4.72 Å². The highest BCUT2D eigenvalue weighted by molar-refractivity contribution is 7.89. The number of hydrogen-bond donors (Lipinski definition) is 3. The number of sulfonamides is 1. The molecule has 1 atom stereocenters. The van der Waals surface area contributed by atoms with Crippen molar-refractivity contribution in [2.24, 2.45) is 0 Å². The fourth-order valence-corrected chi connectivity index (χ4v) is 2.13. The quantitative estimate of drug-likeness (QED) is 0.646. The largest absolute Gasteiger partial charge is 0.393 e. The molecule has 8 heteroatoms. The van der Waals surface area contributed by atoms with E-state index in [4.69, 9.17) is 16.7 Å². The van der Waals surface area contributed by atoms with Gasteiger partial charge in [-0.25, -0.2) is 18.1 Å². The van der Waals surface area contributed by atoms with Crippen LogP contribution >= 0.6 is 11.6 Å². The third-order valence-electron chi connectivity index (χ3n) is 1.99. The topological polar surface area (TPSA) is 99.5 Å². The first kappa shape index (κ1) is 14.3. The molecule has 1 aromatic heterocycles. The Morgan fingerprint density at radius 1 is 1.53 bits per heavy atom. The lowest BCUT2D eigenvalue weighted by molar-refractivity contribution is 0.00681. The highest BCUT2D eigenvalue weighted by atomic mass is 35.5. The molecule has 0 fully saturated rings. The molecule has 0 aliphatic rings. The van der Waals surface area contributed by atoms with Gasteiger partial charge in [-0.3, -0.25) is 0 Å². The number of aliphatic hydroxyl groups excluding tert-OH is 1. The molecule has 0 amide bonds. The number of aromatic nitrogens is 1. The Kier molecular flexibility index (Phi) is 4.45. The van der Waals surface area contributed by atoms with Crippen molar-refractivity contribution in [2.75, 3.05) is 13.2 Å². The zero-order valence-corrected chi connectivity index (χ0v) is 10.7. The monoisotopic (exact) mass is 280 g/mol. The van der Waals surface area contributed by atoms with Gasteiger partial charge in [0.2, 0.25) is 10.0 Å². The normalized spacial score (nSPS) is 15.5. The summed E-state index contributed by atoms with van der Waals surface area (Å²) in [4.78, 5) is 3.58. The highest BCUT2D eigenvalue weighted by Gasteiger charge is 2.23. The van der Waals surface area contributed by atoms with Crippen molar-refractivity contribution in [1.29, 1.82) is 0 Å². The average molecular weight is 281 g/mol. The van der Waals surface area contributed by atoms with Crippen LogP contribution in [-0.4, -0.2) is 42.4 Å². The summed E-state index contributed by atoms with van der Waals surface area (Å²) < 4.78 is 25.6. The predicted molar refractivity (Wildman–Crippen MR) is 62.1 cm³/mol. The smallest absolute Gasteiger partial charge is 0.242 e. The van der Waals surface area contributed by atoms with E-state index in [0.717, 1.165) is 6.20 Å². The van der Waals surface area contributed by atoms with Gasteiger partial charge in [0.15, 0.2) is 0 Å². The second-order valence-electron chi connectivity index (χ2n) is 3.80. The molecular formula is C9H13ClN2O4S. The van der Waals surface area contributed by atoms with Gasteiger partial charge >= 0.3 is 0 Å². The van der Waals surface area contributed by atoms with E-state index >= 15 is 0 Å². The van der Waals surface area contributed by atoms with E-state index < -0.39 is 22.2 Å². The van der Waals surface area contributed by atoms with Crippen molar-refractivity contribution in [3.8, 4) is 0 Å². The minimum atomic E-state index is -3.76. The van der Waals surface area contributed by atoms with Gasteiger partial charge < -0.3 is 10.2 Å². The van der Waals surface area contributed by atoms with E-state index in [2.05, 4.69) is 9.71 Å². The summed E-state index contributed by atoms with van der Waals surface area (Å²) in [6.07, 6.45) is 1.11. The summed E-state index contributed by atoms with van der Waals surface area (Å²) in [5.74, 6) is 0. The van der Waals surface area contributed by atoms with Crippen molar-refractivity contribution < 1.29 is 18.6 Å². The molecule has 0 aromatic carbocycles. The highest BCUT2D eigenvalue weighted by Crippen LogP contribution is 2.11. The molecule has 3 N–H and O–H groups in total. The Balaban J connectivity index is 2.79. The molecule has 1 heterocycles. The molecule has 6 nitrogen and oxygen atoms in total. The molecule has 0 radical (unpaired) electrons. The maximum atomic E-state index is 11.7. The standard InChI is InChI=1S/C9H13ClN2O4S/c1-9(14,6-13)5-12-17(15,16)7-2-3-8(10)11-4-7/h2-4,12-14H,5-6H2,1H3. The lowest BCUT2D eigenvalue weighted by Crippen LogP contribution is -2.43. The van der Waals surface area contributed by atoms with Crippen LogP contribution in [0.15, 0.2) is 23.2 Å². The number of hydrogen-bond acceptors (Lipinski definition) is 5. The fraction of sp³-hybridized carbons (Fsp3) is 0.444. The Morgan fingerprint density at radius 3 is 2.65 bits per heavy atom. The first-order valence-corrected chi connectivity index (χ1v) is 6.57. The average Bonchev–Trinajstić information content (AvgIpc) is 2.27. The van der Waals surface area contributed by atoms with Crippen molar-refractivity contribution in [2.45, 2.75) is 17.4 Å². The fourth-order valence-electron chi connectivity index (χ4n) is 0.911. The molecule has 17 heavy (non-hydrogen) atoms. The van der Waals surface area contributed by atoms with Crippen LogP contribution in [-0.2, 0) is 10.0 Å². The molecule has 1 aromatic rings. The molecule has 0 spiro atoms. The molecule has 1 rings (SSSR count). The van der Waals surface area contributed by atoms with Crippen molar-refractivity contribution >= 4 is 21.6 Å².